The molecule has 0 aliphatic carbocycles. The van der Waals surface area contributed by atoms with E-state index in [1.807, 2.05) is 49.5 Å². The van der Waals surface area contributed by atoms with Crippen LogP contribution in [0.4, 0.5) is 11.4 Å². The molecule has 1 N–H and O–H groups in total. The molecule has 0 bridgehead atoms. The van der Waals surface area contributed by atoms with Gasteiger partial charge in [0.1, 0.15) is 6.61 Å². The van der Waals surface area contributed by atoms with Crippen molar-refractivity contribution in [3.63, 3.8) is 0 Å². The van der Waals surface area contributed by atoms with E-state index >= 15 is 0 Å². The fourth-order valence-corrected chi connectivity index (χ4v) is 2.77. The Hall–Kier alpha value is -3.67. The molecule has 2 aromatic heterocycles. The minimum Gasteiger partial charge on any atom is -0.493 e. The third kappa shape index (κ3) is 3.64. The molecule has 0 radical (unpaired) electrons. The number of aromatic nitrogens is 3. The zero-order valence-electron chi connectivity index (χ0n) is 14.8. The van der Waals surface area contributed by atoms with Gasteiger partial charge in [-0.15, -0.1) is 0 Å². The number of ether oxygens (including phenoxy) is 1. The van der Waals surface area contributed by atoms with Gasteiger partial charge < -0.3 is 14.7 Å². The number of para-hydroxylation sites is 1. The van der Waals surface area contributed by atoms with Crippen molar-refractivity contribution in [1.82, 2.24) is 15.0 Å². The fraction of sp³-hybridized carbons (Fsp3) is 0.0952. The van der Waals surface area contributed by atoms with Crippen molar-refractivity contribution in [3.8, 4) is 11.9 Å². The lowest BCUT2D eigenvalue weighted by Gasteiger charge is -2.19. The number of nitrogens with zero attached hydrogens (tertiary/aromatic N) is 4. The molecule has 4 aromatic rings. The second kappa shape index (κ2) is 7.29. The van der Waals surface area contributed by atoms with Crippen LogP contribution in [-0.2, 0) is 6.61 Å². The highest BCUT2D eigenvalue weighted by molar-refractivity contribution is 5.82. The van der Waals surface area contributed by atoms with Gasteiger partial charge in [0.15, 0.2) is 0 Å². The Labute approximate surface area is 156 Å². The summed E-state index contributed by atoms with van der Waals surface area (Å²) in [5, 5.41) is 10.5. The van der Waals surface area contributed by atoms with E-state index in [0.29, 0.717) is 17.5 Å². The Balaban J connectivity index is 1.46. The zero-order valence-corrected chi connectivity index (χ0v) is 14.8. The summed E-state index contributed by atoms with van der Waals surface area (Å²) >= 11 is 0. The van der Waals surface area contributed by atoms with Gasteiger partial charge in [0.05, 0.1) is 17.1 Å². The largest absolute Gasteiger partial charge is 0.493 e. The first-order chi connectivity index (χ1) is 13.2. The van der Waals surface area contributed by atoms with Gasteiger partial charge in [0.2, 0.25) is 5.88 Å². The van der Waals surface area contributed by atoms with Gasteiger partial charge in [-0.2, -0.15) is 9.97 Å². The van der Waals surface area contributed by atoms with Crippen LogP contribution in [0.15, 0.2) is 73.1 Å². The van der Waals surface area contributed by atoms with Crippen molar-refractivity contribution < 1.29 is 9.84 Å². The average molecular weight is 358 g/mol. The number of hydrogen-bond acceptors (Lipinski definition) is 6. The Kier molecular flexibility index (Phi) is 4.53. The Morgan fingerprint density at radius 1 is 0.926 bits per heavy atom. The van der Waals surface area contributed by atoms with Crippen LogP contribution in [0, 0.1) is 0 Å². The first kappa shape index (κ1) is 16.8. The molecule has 0 fully saturated rings. The van der Waals surface area contributed by atoms with Gasteiger partial charge in [-0.25, -0.2) is 0 Å². The van der Waals surface area contributed by atoms with E-state index in [0.717, 1.165) is 16.9 Å². The van der Waals surface area contributed by atoms with Crippen molar-refractivity contribution in [2.75, 3.05) is 11.9 Å². The summed E-state index contributed by atoms with van der Waals surface area (Å²) in [6, 6.07) is 20.0. The van der Waals surface area contributed by atoms with E-state index in [2.05, 4.69) is 32.0 Å². The predicted molar refractivity (Wildman–Crippen MR) is 104 cm³/mol. The van der Waals surface area contributed by atoms with Crippen molar-refractivity contribution in [1.29, 1.82) is 0 Å². The Morgan fingerprint density at radius 2 is 1.67 bits per heavy atom. The molecule has 0 saturated carbocycles. The maximum absolute atomic E-state index is 9.99. The van der Waals surface area contributed by atoms with E-state index in [4.69, 9.17) is 4.74 Å². The van der Waals surface area contributed by atoms with E-state index in [1.165, 1.54) is 0 Å². The lowest BCUT2D eigenvalue weighted by atomic mass is 10.2. The average Bonchev–Trinajstić information content (AvgIpc) is 2.73. The first-order valence-electron chi connectivity index (χ1n) is 8.52. The van der Waals surface area contributed by atoms with Crippen LogP contribution in [0.2, 0.25) is 0 Å². The van der Waals surface area contributed by atoms with Gasteiger partial charge >= 0.3 is 6.01 Å². The highest BCUT2D eigenvalue weighted by Gasteiger charge is 2.08. The summed E-state index contributed by atoms with van der Waals surface area (Å²) in [7, 11) is 2.03. The molecule has 2 aromatic carbocycles. The highest BCUT2D eigenvalue weighted by Crippen LogP contribution is 2.25. The summed E-state index contributed by atoms with van der Waals surface area (Å²) in [5.41, 5.74) is 3.72. The van der Waals surface area contributed by atoms with Gasteiger partial charge in [-0.05, 0) is 35.9 Å². The number of pyridine rings is 1. The lowest BCUT2D eigenvalue weighted by Crippen LogP contribution is -2.09. The summed E-state index contributed by atoms with van der Waals surface area (Å²) in [4.78, 5) is 14.4. The molecule has 0 spiro atoms. The van der Waals surface area contributed by atoms with Crippen LogP contribution in [0.3, 0.4) is 0 Å². The number of rotatable bonds is 5. The zero-order chi connectivity index (χ0) is 18.6. The quantitative estimate of drug-likeness (QED) is 0.580. The van der Waals surface area contributed by atoms with Crippen LogP contribution in [0.1, 0.15) is 5.56 Å². The molecule has 27 heavy (non-hydrogen) atoms. The SMILES string of the molecule is CN(c1ccccc1)c1ccc(COc2nc(O)c3ccncc3n2)cc1. The molecule has 2 heterocycles. The molecule has 0 saturated heterocycles. The Bertz CT molecular complexity index is 1050. The van der Waals surface area contributed by atoms with Crippen molar-refractivity contribution in [3.05, 3.63) is 78.6 Å². The lowest BCUT2D eigenvalue weighted by molar-refractivity contribution is 0.277. The molecule has 134 valence electrons. The number of aromatic hydroxyl groups is 1. The summed E-state index contributed by atoms with van der Waals surface area (Å²) in [6.07, 6.45) is 3.15. The number of anilines is 2. The van der Waals surface area contributed by atoms with Crippen molar-refractivity contribution >= 4 is 22.3 Å². The number of hydrogen-bond donors (Lipinski definition) is 1. The molecule has 6 nitrogen and oxygen atoms in total. The molecular weight excluding hydrogens is 340 g/mol. The minimum absolute atomic E-state index is 0.114. The fourth-order valence-electron chi connectivity index (χ4n) is 2.77. The van der Waals surface area contributed by atoms with E-state index in [1.54, 1.807) is 18.5 Å². The van der Waals surface area contributed by atoms with Crippen molar-refractivity contribution in [2.24, 2.45) is 0 Å². The smallest absolute Gasteiger partial charge is 0.320 e. The molecule has 0 unspecified atom stereocenters. The van der Waals surface area contributed by atoms with Crippen LogP contribution < -0.4 is 9.64 Å². The van der Waals surface area contributed by atoms with E-state index < -0.39 is 0 Å². The first-order valence-corrected chi connectivity index (χ1v) is 8.52. The summed E-state index contributed by atoms with van der Waals surface area (Å²) < 4.78 is 5.64. The van der Waals surface area contributed by atoms with Gasteiger partial charge in [0.25, 0.3) is 0 Å². The third-order valence-corrected chi connectivity index (χ3v) is 4.29. The highest BCUT2D eigenvalue weighted by atomic mass is 16.5. The molecule has 0 amide bonds. The van der Waals surface area contributed by atoms with Crippen LogP contribution in [-0.4, -0.2) is 27.1 Å². The minimum atomic E-state index is -0.114. The molecule has 4 rings (SSSR count). The third-order valence-electron chi connectivity index (χ3n) is 4.29. The standard InChI is InChI=1S/C21H18N4O2/c1-25(16-5-3-2-4-6-16)17-9-7-15(8-10-17)14-27-21-23-19-13-22-12-11-18(19)20(26)24-21/h2-13H,14H2,1H3,(H,23,24,26). The second-order valence-corrected chi connectivity index (χ2v) is 6.07. The van der Waals surface area contributed by atoms with Crippen LogP contribution in [0.25, 0.3) is 10.9 Å². The molecule has 6 heteroatoms. The van der Waals surface area contributed by atoms with E-state index in [-0.39, 0.29) is 11.9 Å². The van der Waals surface area contributed by atoms with Crippen LogP contribution in [0.5, 0.6) is 11.9 Å². The monoisotopic (exact) mass is 358 g/mol. The maximum atomic E-state index is 9.99. The summed E-state index contributed by atoms with van der Waals surface area (Å²) in [5.74, 6) is -0.114. The molecular formula is C21H18N4O2. The topological polar surface area (TPSA) is 71.4 Å². The summed E-state index contributed by atoms with van der Waals surface area (Å²) in [6.45, 7) is 0.306. The van der Waals surface area contributed by atoms with Gasteiger partial charge in [-0.3, -0.25) is 4.98 Å². The van der Waals surface area contributed by atoms with Crippen LogP contribution >= 0.6 is 0 Å². The van der Waals surface area contributed by atoms with E-state index in [9.17, 15) is 5.11 Å². The van der Waals surface area contributed by atoms with Crippen molar-refractivity contribution in [2.45, 2.75) is 6.61 Å². The Morgan fingerprint density at radius 3 is 2.44 bits per heavy atom. The molecule has 0 aliphatic heterocycles. The number of benzene rings is 2. The van der Waals surface area contributed by atoms with Gasteiger partial charge in [-0.1, -0.05) is 30.3 Å². The normalized spacial score (nSPS) is 10.7. The predicted octanol–water partition coefficient (Wildman–Crippen LogP) is 4.08. The number of fused-ring (bicyclic) bond motifs is 1. The second-order valence-electron chi connectivity index (χ2n) is 6.07. The molecule has 0 atom stereocenters. The maximum Gasteiger partial charge on any atom is 0.320 e. The molecule has 0 aliphatic rings. The van der Waals surface area contributed by atoms with Gasteiger partial charge in [0, 0.05) is 24.6 Å².